The topological polar surface area (TPSA) is 75.3 Å². The molecule has 1 atom stereocenters. The van der Waals surface area contributed by atoms with Gasteiger partial charge in [0, 0.05) is 0 Å². The monoisotopic (exact) mass is 224 g/mol. The summed E-state index contributed by atoms with van der Waals surface area (Å²) in [5, 5.41) is 13.2. The number of aromatic nitrogens is 2. The molecule has 0 fully saturated rings. The Labute approximate surface area is 88.3 Å². The number of nitrogens with zero attached hydrogens (tertiary/aromatic N) is 2. The van der Waals surface area contributed by atoms with Gasteiger partial charge in [0.1, 0.15) is 5.75 Å². The zero-order chi connectivity index (χ0) is 10.8. The molecule has 5 nitrogen and oxygen atoms in total. The number of aromatic hydroxyl groups is 1. The number of phenolic OH excluding ortho intramolecular Hbond substituents is 1. The highest BCUT2D eigenvalue weighted by molar-refractivity contribution is 7.79. The van der Waals surface area contributed by atoms with Crippen LogP contribution in [0.4, 0.5) is 0 Å². The minimum absolute atomic E-state index is 0.137. The number of phenols is 1. The van der Waals surface area contributed by atoms with Crippen LogP contribution in [0.3, 0.4) is 0 Å². The van der Waals surface area contributed by atoms with Crippen molar-refractivity contribution in [3.05, 3.63) is 36.5 Å². The molecule has 0 radical (unpaired) electrons. The minimum atomic E-state index is -2.08. The van der Waals surface area contributed by atoms with Crippen LogP contribution in [0.15, 0.2) is 41.6 Å². The third kappa shape index (κ3) is 1.90. The molecule has 0 amide bonds. The lowest BCUT2D eigenvalue weighted by Gasteiger charge is -2.04. The second-order valence-corrected chi connectivity index (χ2v) is 3.76. The average Bonchev–Trinajstić information content (AvgIpc) is 2.67. The lowest BCUT2D eigenvalue weighted by molar-refractivity contribution is 0.475. The van der Waals surface area contributed by atoms with E-state index in [1.165, 1.54) is 29.1 Å². The van der Waals surface area contributed by atoms with E-state index < -0.39 is 11.1 Å². The van der Waals surface area contributed by atoms with Crippen LogP contribution in [-0.4, -0.2) is 23.6 Å². The van der Waals surface area contributed by atoms with Crippen molar-refractivity contribution in [1.82, 2.24) is 9.78 Å². The standard InChI is InChI=1S/C9H8N2O3S/c12-8-3-1-7(2-4-8)11-9(15(13)14)5-6-10-11/h1-6,12H,(H,13,14). The quantitative estimate of drug-likeness (QED) is 0.750. The number of hydrogen-bond donors (Lipinski definition) is 2. The fourth-order valence-corrected chi connectivity index (χ4v) is 1.69. The molecule has 1 aromatic heterocycles. The molecule has 1 unspecified atom stereocenters. The average molecular weight is 224 g/mol. The summed E-state index contributed by atoms with van der Waals surface area (Å²) in [6, 6.07) is 7.66. The Balaban J connectivity index is 2.49. The highest BCUT2D eigenvalue weighted by Crippen LogP contribution is 2.16. The molecule has 1 aromatic carbocycles. The van der Waals surface area contributed by atoms with Gasteiger partial charge in [-0.1, -0.05) is 0 Å². The van der Waals surface area contributed by atoms with E-state index in [2.05, 4.69) is 5.10 Å². The molecule has 1 heterocycles. The smallest absolute Gasteiger partial charge is 0.205 e. The predicted octanol–water partition coefficient (Wildman–Crippen LogP) is 1.16. The van der Waals surface area contributed by atoms with Gasteiger partial charge in [-0.3, -0.25) is 0 Å². The molecule has 2 rings (SSSR count). The Hall–Kier alpha value is -1.66. The van der Waals surface area contributed by atoms with Crippen molar-refractivity contribution in [3.63, 3.8) is 0 Å². The van der Waals surface area contributed by atoms with Crippen LogP contribution in [0, 0.1) is 0 Å². The molecule has 0 aliphatic rings. The second kappa shape index (κ2) is 3.84. The van der Waals surface area contributed by atoms with E-state index in [9.17, 15) is 4.21 Å². The van der Waals surface area contributed by atoms with Crippen LogP contribution < -0.4 is 0 Å². The Morgan fingerprint density at radius 3 is 2.47 bits per heavy atom. The van der Waals surface area contributed by atoms with Gasteiger partial charge in [0.05, 0.1) is 11.9 Å². The molecule has 2 N–H and O–H groups in total. The summed E-state index contributed by atoms with van der Waals surface area (Å²) in [4.78, 5) is 0. The van der Waals surface area contributed by atoms with E-state index in [1.54, 1.807) is 12.1 Å². The van der Waals surface area contributed by atoms with Crippen LogP contribution in [0.5, 0.6) is 5.75 Å². The second-order valence-electron chi connectivity index (χ2n) is 2.85. The fraction of sp³-hybridized carbons (Fsp3) is 0. The lowest BCUT2D eigenvalue weighted by atomic mass is 10.3. The van der Waals surface area contributed by atoms with Crippen molar-refractivity contribution < 1.29 is 13.9 Å². The molecule has 0 aliphatic heterocycles. The summed E-state index contributed by atoms with van der Waals surface area (Å²) >= 11 is -2.08. The van der Waals surface area contributed by atoms with Gasteiger partial charge in [-0.15, -0.1) is 0 Å². The molecule has 0 saturated carbocycles. The van der Waals surface area contributed by atoms with E-state index in [0.717, 1.165) is 0 Å². The molecular weight excluding hydrogens is 216 g/mol. The van der Waals surface area contributed by atoms with E-state index in [4.69, 9.17) is 9.66 Å². The third-order valence-corrected chi connectivity index (χ3v) is 2.55. The Kier molecular flexibility index (Phi) is 2.53. The van der Waals surface area contributed by atoms with Crippen molar-refractivity contribution in [3.8, 4) is 11.4 Å². The number of rotatable bonds is 2. The summed E-state index contributed by atoms with van der Waals surface area (Å²) in [6.45, 7) is 0. The Morgan fingerprint density at radius 1 is 1.20 bits per heavy atom. The summed E-state index contributed by atoms with van der Waals surface area (Å²) in [5.74, 6) is 0.137. The van der Waals surface area contributed by atoms with Crippen molar-refractivity contribution in [2.75, 3.05) is 0 Å². The lowest BCUT2D eigenvalue weighted by Crippen LogP contribution is -2.02. The zero-order valence-corrected chi connectivity index (χ0v) is 8.39. The van der Waals surface area contributed by atoms with Crippen molar-refractivity contribution in [1.29, 1.82) is 0 Å². The van der Waals surface area contributed by atoms with Crippen LogP contribution in [-0.2, 0) is 11.1 Å². The van der Waals surface area contributed by atoms with Gasteiger partial charge in [0.15, 0.2) is 5.03 Å². The first-order chi connectivity index (χ1) is 7.18. The SMILES string of the molecule is O=S(O)c1ccnn1-c1ccc(O)cc1. The fourth-order valence-electron chi connectivity index (χ4n) is 1.21. The van der Waals surface area contributed by atoms with Crippen molar-refractivity contribution in [2.24, 2.45) is 0 Å². The first-order valence-corrected chi connectivity index (χ1v) is 5.23. The molecular formula is C9H8N2O3S. The van der Waals surface area contributed by atoms with E-state index in [1.807, 2.05) is 0 Å². The molecule has 0 aliphatic carbocycles. The maximum absolute atomic E-state index is 10.9. The summed E-state index contributed by atoms with van der Waals surface area (Å²) in [7, 11) is 0. The van der Waals surface area contributed by atoms with Crippen molar-refractivity contribution >= 4 is 11.1 Å². The molecule has 0 saturated heterocycles. The predicted molar refractivity (Wildman–Crippen MR) is 54.3 cm³/mol. The Bertz CT molecular complexity index is 492. The number of hydrogen-bond acceptors (Lipinski definition) is 3. The first-order valence-electron chi connectivity index (χ1n) is 4.13. The van der Waals surface area contributed by atoms with Gasteiger partial charge in [-0.25, -0.2) is 8.89 Å². The normalized spacial score (nSPS) is 12.6. The molecule has 6 heteroatoms. The van der Waals surface area contributed by atoms with Gasteiger partial charge in [0.2, 0.25) is 11.1 Å². The van der Waals surface area contributed by atoms with Gasteiger partial charge in [-0.05, 0) is 30.3 Å². The summed E-state index contributed by atoms with van der Waals surface area (Å²) < 4.78 is 21.2. The first kappa shape index (κ1) is 9.88. The largest absolute Gasteiger partial charge is 0.508 e. The summed E-state index contributed by atoms with van der Waals surface area (Å²) in [5.41, 5.74) is 0.621. The molecule has 15 heavy (non-hydrogen) atoms. The van der Waals surface area contributed by atoms with Gasteiger partial charge in [0.25, 0.3) is 0 Å². The maximum atomic E-state index is 10.9. The zero-order valence-electron chi connectivity index (χ0n) is 7.57. The van der Waals surface area contributed by atoms with Gasteiger partial charge >= 0.3 is 0 Å². The van der Waals surface area contributed by atoms with Crippen LogP contribution in [0.1, 0.15) is 0 Å². The highest BCUT2D eigenvalue weighted by Gasteiger charge is 2.09. The van der Waals surface area contributed by atoms with Crippen LogP contribution in [0.25, 0.3) is 5.69 Å². The molecule has 78 valence electrons. The minimum Gasteiger partial charge on any atom is -0.508 e. The Morgan fingerprint density at radius 2 is 1.87 bits per heavy atom. The van der Waals surface area contributed by atoms with Gasteiger partial charge < -0.3 is 9.66 Å². The molecule has 0 bridgehead atoms. The van der Waals surface area contributed by atoms with Gasteiger partial charge in [-0.2, -0.15) is 5.10 Å². The van der Waals surface area contributed by atoms with Crippen molar-refractivity contribution in [2.45, 2.75) is 5.03 Å². The third-order valence-electron chi connectivity index (χ3n) is 1.88. The van der Waals surface area contributed by atoms with Crippen LogP contribution >= 0.6 is 0 Å². The van der Waals surface area contributed by atoms with E-state index in [0.29, 0.717) is 5.69 Å². The molecule has 0 spiro atoms. The maximum Gasteiger partial charge on any atom is 0.205 e. The van der Waals surface area contributed by atoms with Crippen LogP contribution in [0.2, 0.25) is 0 Å². The highest BCUT2D eigenvalue weighted by atomic mass is 32.2. The number of benzene rings is 1. The summed E-state index contributed by atoms with van der Waals surface area (Å²) in [6.07, 6.45) is 1.44. The molecule has 2 aromatic rings. The van der Waals surface area contributed by atoms with E-state index >= 15 is 0 Å². The van der Waals surface area contributed by atoms with E-state index in [-0.39, 0.29) is 10.8 Å².